The minimum atomic E-state index is -1.45. The smallest absolute Gasteiger partial charge is 0.314 e. The van der Waals surface area contributed by atoms with Crippen LogP contribution in [0, 0.1) is 11.3 Å². The molecular formula is C14H18O5. The van der Waals surface area contributed by atoms with Crippen molar-refractivity contribution in [2.24, 2.45) is 11.3 Å². The average molecular weight is 266 g/mol. The molecule has 1 rings (SSSR count). The zero-order valence-corrected chi connectivity index (χ0v) is 11.0. The van der Waals surface area contributed by atoms with Crippen molar-refractivity contribution in [1.82, 2.24) is 0 Å². The predicted molar refractivity (Wildman–Crippen MR) is 69.5 cm³/mol. The maximum atomic E-state index is 11.5. The zero-order chi connectivity index (χ0) is 14.5. The topological polar surface area (TPSA) is 83.8 Å². The summed E-state index contributed by atoms with van der Waals surface area (Å²) in [6, 6.07) is 0. The van der Waals surface area contributed by atoms with Gasteiger partial charge in [0.25, 0.3) is 0 Å². The second kappa shape index (κ2) is 6.22. The van der Waals surface area contributed by atoms with Gasteiger partial charge in [-0.2, -0.15) is 0 Å². The van der Waals surface area contributed by atoms with E-state index in [0.717, 1.165) is 5.57 Å². The van der Waals surface area contributed by atoms with E-state index in [4.69, 9.17) is 9.84 Å². The number of carboxylic acids is 2. The molecule has 0 amide bonds. The molecule has 0 saturated heterocycles. The molecule has 0 aliphatic heterocycles. The predicted octanol–water partition coefficient (Wildman–Crippen LogP) is 2.21. The fraction of sp³-hybridized carbons (Fsp3) is 0.429. The Kier molecular flexibility index (Phi) is 4.92. The Morgan fingerprint density at radius 3 is 2.53 bits per heavy atom. The molecule has 0 aromatic rings. The van der Waals surface area contributed by atoms with Crippen LogP contribution in [0.4, 0.5) is 0 Å². The van der Waals surface area contributed by atoms with Crippen molar-refractivity contribution in [3.8, 4) is 0 Å². The summed E-state index contributed by atoms with van der Waals surface area (Å²) in [6.07, 6.45) is 7.58. The number of ether oxygens (including phenoxy) is 1. The number of rotatable bonds is 6. The van der Waals surface area contributed by atoms with Gasteiger partial charge in [0.05, 0.1) is 18.8 Å². The molecule has 0 radical (unpaired) electrons. The van der Waals surface area contributed by atoms with Crippen LogP contribution in [0.15, 0.2) is 36.1 Å². The molecule has 5 heteroatoms. The summed E-state index contributed by atoms with van der Waals surface area (Å²) in [4.78, 5) is 22.7. The first kappa shape index (κ1) is 15.0. The third-order valence-corrected chi connectivity index (χ3v) is 2.98. The second-order valence-electron chi connectivity index (χ2n) is 4.72. The summed E-state index contributed by atoms with van der Waals surface area (Å²) in [7, 11) is 0. The molecule has 0 heterocycles. The van der Waals surface area contributed by atoms with Crippen molar-refractivity contribution in [2.45, 2.75) is 20.3 Å². The summed E-state index contributed by atoms with van der Waals surface area (Å²) in [5.41, 5.74) is -0.492. The van der Waals surface area contributed by atoms with Gasteiger partial charge in [0.15, 0.2) is 0 Å². The summed E-state index contributed by atoms with van der Waals surface area (Å²) >= 11 is 0. The van der Waals surface area contributed by atoms with Gasteiger partial charge in [-0.05, 0) is 19.4 Å². The van der Waals surface area contributed by atoms with E-state index >= 15 is 0 Å². The summed E-state index contributed by atoms with van der Waals surface area (Å²) in [6.45, 7) is 3.87. The van der Waals surface area contributed by atoms with Crippen LogP contribution >= 0.6 is 0 Å². The minimum Gasteiger partial charge on any atom is -0.501 e. The average Bonchev–Trinajstić information content (AvgIpc) is 2.34. The molecule has 2 N–H and O–H groups in total. The van der Waals surface area contributed by atoms with Crippen LogP contribution in [-0.2, 0) is 14.3 Å². The van der Waals surface area contributed by atoms with Gasteiger partial charge in [0.1, 0.15) is 5.41 Å². The minimum absolute atomic E-state index is 0.101. The van der Waals surface area contributed by atoms with Crippen LogP contribution in [-0.4, -0.2) is 28.8 Å². The highest BCUT2D eigenvalue weighted by Gasteiger charge is 2.47. The first-order chi connectivity index (χ1) is 8.90. The van der Waals surface area contributed by atoms with E-state index in [-0.39, 0.29) is 13.0 Å². The fourth-order valence-corrected chi connectivity index (χ4v) is 1.98. The van der Waals surface area contributed by atoms with Gasteiger partial charge in [-0.3, -0.25) is 9.59 Å². The van der Waals surface area contributed by atoms with Crippen molar-refractivity contribution < 1.29 is 24.5 Å². The summed E-state index contributed by atoms with van der Waals surface area (Å²) < 4.78 is 5.22. The largest absolute Gasteiger partial charge is 0.501 e. The lowest BCUT2D eigenvalue weighted by molar-refractivity contribution is -0.157. The lowest BCUT2D eigenvalue weighted by atomic mass is 9.70. The quantitative estimate of drug-likeness (QED) is 0.569. The van der Waals surface area contributed by atoms with E-state index in [2.05, 4.69) is 0 Å². The Morgan fingerprint density at radius 2 is 2.00 bits per heavy atom. The fourth-order valence-electron chi connectivity index (χ4n) is 1.98. The van der Waals surface area contributed by atoms with Gasteiger partial charge in [-0.15, -0.1) is 0 Å². The third-order valence-electron chi connectivity index (χ3n) is 2.98. The van der Waals surface area contributed by atoms with Crippen LogP contribution in [0.5, 0.6) is 0 Å². The SMILES string of the molecule is CC(C)=COCCC1(C(=O)O)C=CC=CC1C(=O)O. The molecule has 2 atom stereocenters. The number of carbonyl (C=O) groups is 2. The van der Waals surface area contributed by atoms with Gasteiger partial charge in [0.2, 0.25) is 0 Å². The van der Waals surface area contributed by atoms with Crippen molar-refractivity contribution in [2.75, 3.05) is 6.61 Å². The van der Waals surface area contributed by atoms with Crippen LogP contribution in [0.1, 0.15) is 20.3 Å². The van der Waals surface area contributed by atoms with Crippen LogP contribution in [0.3, 0.4) is 0 Å². The van der Waals surface area contributed by atoms with Crippen molar-refractivity contribution in [3.05, 3.63) is 36.1 Å². The Morgan fingerprint density at radius 1 is 1.32 bits per heavy atom. The van der Waals surface area contributed by atoms with E-state index in [1.54, 1.807) is 12.2 Å². The van der Waals surface area contributed by atoms with Crippen LogP contribution in [0.2, 0.25) is 0 Å². The summed E-state index contributed by atoms with van der Waals surface area (Å²) in [5, 5.41) is 18.6. The highest BCUT2D eigenvalue weighted by atomic mass is 16.5. The Hall–Kier alpha value is -2.04. The molecule has 1 aliphatic carbocycles. The van der Waals surface area contributed by atoms with Crippen LogP contribution in [0.25, 0.3) is 0 Å². The highest BCUT2D eigenvalue weighted by molar-refractivity contribution is 5.87. The lowest BCUT2D eigenvalue weighted by Gasteiger charge is -2.31. The Labute approximate surface area is 111 Å². The molecule has 5 nitrogen and oxygen atoms in total. The van der Waals surface area contributed by atoms with E-state index in [1.165, 1.54) is 18.4 Å². The van der Waals surface area contributed by atoms with Gasteiger partial charge >= 0.3 is 11.9 Å². The monoisotopic (exact) mass is 266 g/mol. The molecule has 0 aromatic heterocycles. The lowest BCUT2D eigenvalue weighted by Crippen LogP contribution is -2.42. The Bertz CT molecular complexity index is 443. The van der Waals surface area contributed by atoms with E-state index in [0.29, 0.717) is 0 Å². The molecule has 0 saturated carbocycles. The number of aliphatic carboxylic acids is 2. The normalized spacial score (nSPS) is 24.8. The molecule has 1 aliphatic rings. The van der Waals surface area contributed by atoms with Crippen molar-refractivity contribution in [1.29, 1.82) is 0 Å². The molecule has 104 valence electrons. The highest BCUT2D eigenvalue weighted by Crippen LogP contribution is 2.37. The van der Waals surface area contributed by atoms with E-state index in [9.17, 15) is 14.7 Å². The number of allylic oxidation sites excluding steroid dienone is 3. The summed E-state index contributed by atoms with van der Waals surface area (Å²) in [5.74, 6) is -3.38. The van der Waals surface area contributed by atoms with Gasteiger partial charge in [-0.25, -0.2) is 0 Å². The first-order valence-electron chi connectivity index (χ1n) is 5.97. The molecule has 0 spiro atoms. The third kappa shape index (κ3) is 3.47. The maximum Gasteiger partial charge on any atom is 0.314 e. The Balaban J connectivity index is 2.87. The van der Waals surface area contributed by atoms with E-state index < -0.39 is 23.3 Å². The maximum absolute atomic E-state index is 11.5. The number of hydrogen-bond acceptors (Lipinski definition) is 3. The zero-order valence-electron chi connectivity index (χ0n) is 11.0. The van der Waals surface area contributed by atoms with E-state index in [1.807, 2.05) is 13.8 Å². The molecule has 0 fully saturated rings. The van der Waals surface area contributed by atoms with Gasteiger partial charge in [-0.1, -0.05) is 24.3 Å². The molecule has 2 unspecified atom stereocenters. The van der Waals surface area contributed by atoms with Crippen molar-refractivity contribution in [3.63, 3.8) is 0 Å². The van der Waals surface area contributed by atoms with Crippen LogP contribution < -0.4 is 0 Å². The standard InChI is InChI=1S/C14H18O5/c1-10(2)9-19-8-7-14(13(17)18)6-4-3-5-11(14)12(15)16/h3-6,9,11H,7-8H2,1-2H3,(H,15,16)(H,17,18). The molecule has 0 bridgehead atoms. The molecule has 19 heavy (non-hydrogen) atoms. The second-order valence-corrected chi connectivity index (χ2v) is 4.72. The molecular weight excluding hydrogens is 248 g/mol. The number of hydrogen-bond donors (Lipinski definition) is 2. The molecule has 0 aromatic carbocycles. The van der Waals surface area contributed by atoms with Gasteiger partial charge in [0, 0.05) is 6.42 Å². The van der Waals surface area contributed by atoms with Gasteiger partial charge < -0.3 is 14.9 Å². The number of carboxylic acid groups (broad SMARTS) is 2. The first-order valence-corrected chi connectivity index (χ1v) is 5.97. The van der Waals surface area contributed by atoms with Crippen molar-refractivity contribution >= 4 is 11.9 Å².